The molecule has 0 N–H and O–H groups in total. The van der Waals surface area contributed by atoms with Gasteiger partial charge in [0.1, 0.15) is 6.10 Å². The summed E-state index contributed by atoms with van der Waals surface area (Å²) in [6.45, 7) is 6.73. The van der Waals surface area contributed by atoms with Gasteiger partial charge in [0.25, 0.3) is 0 Å². The van der Waals surface area contributed by atoms with Crippen molar-refractivity contribution in [2.24, 2.45) is 0 Å². The molecule has 0 aromatic heterocycles. The van der Waals surface area contributed by atoms with Crippen LogP contribution in [0.4, 0.5) is 0 Å². The van der Waals surface area contributed by atoms with Crippen LogP contribution in [0.5, 0.6) is 0 Å². The molecule has 3 heteroatoms. The number of cyclic esters (lactones) is 1. The first-order valence-corrected chi connectivity index (χ1v) is 9.80. The molecule has 0 radical (unpaired) electrons. The van der Waals surface area contributed by atoms with Gasteiger partial charge >= 0.3 is 5.97 Å². The van der Waals surface area contributed by atoms with Crippen LogP contribution in [0.2, 0.25) is 25.2 Å². The highest BCUT2D eigenvalue weighted by atomic mass is 28.3. The number of ether oxygens (including phenoxy) is 1. The molecular formula is C14H20O2Si. The number of carbonyl (C=O) groups excluding carboxylic acids is 1. The predicted octanol–water partition coefficient (Wildman–Crippen LogP) is 3.25. The van der Waals surface area contributed by atoms with E-state index < -0.39 is 8.07 Å². The smallest absolute Gasteiger partial charge is 0.310 e. The van der Waals surface area contributed by atoms with Gasteiger partial charge in [0.15, 0.2) is 0 Å². The number of hydrogen-bond donors (Lipinski definition) is 0. The molecule has 1 aromatic rings. The Morgan fingerprint density at radius 3 is 2.35 bits per heavy atom. The van der Waals surface area contributed by atoms with Gasteiger partial charge in [-0.1, -0.05) is 50.0 Å². The van der Waals surface area contributed by atoms with E-state index in [1.807, 2.05) is 6.07 Å². The van der Waals surface area contributed by atoms with E-state index in [1.54, 1.807) is 0 Å². The first-order chi connectivity index (χ1) is 7.98. The van der Waals surface area contributed by atoms with E-state index in [0.717, 1.165) is 12.8 Å². The monoisotopic (exact) mass is 248 g/mol. The van der Waals surface area contributed by atoms with Crippen LogP contribution >= 0.6 is 0 Å². The molecule has 92 valence electrons. The molecule has 0 amide bonds. The molecule has 1 unspecified atom stereocenters. The number of esters is 1. The van der Waals surface area contributed by atoms with E-state index in [1.165, 1.54) is 5.56 Å². The molecule has 2 atom stereocenters. The summed E-state index contributed by atoms with van der Waals surface area (Å²) in [6, 6.07) is 10.4. The lowest BCUT2D eigenvalue weighted by molar-refractivity contribution is -0.170. The van der Waals surface area contributed by atoms with Crippen molar-refractivity contribution < 1.29 is 9.53 Å². The lowest BCUT2D eigenvalue weighted by atomic mass is 10.0. The fraction of sp³-hybridized carbons (Fsp3) is 0.500. The Morgan fingerprint density at radius 2 is 1.82 bits per heavy atom. The lowest BCUT2D eigenvalue weighted by Crippen LogP contribution is -2.52. The zero-order chi connectivity index (χ0) is 12.5. The normalized spacial score (nSPS) is 24.1. The molecule has 0 aliphatic carbocycles. The summed E-state index contributed by atoms with van der Waals surface area (Å²) >= 11 is 0. The number of benzene rings is 1. The average molecular weight is 248 g/mol. The molecule has 1 heterocycles. The van der Waals surface area contributed by atoms with Crippen molar-refractivity contribution in [3.05, 3.63) is 35.9 Å². The van der Waals surface area contributed by atoms with Gasteiger partial charge in [-0.2, -0.15) is 0 Å². The minimum absolute atomic E-state index is 0.0298. The average Bonchev–Trinajstić information content (AvgIpc) is 2.22. The van der Waals surface area contributed by atoms with Crippen molar-refractivity contribution in [1.29, 1.82) is 0 Å². The van der Waals surface area contributed by atoms with E-state index in [9.17, 15) is 4.79 Å². The van der Waals surface area contributed by atoms with Crippen LogP contribution in [0.15, 0.2) is 30.3 Å². The molecule has 1 saturated heterocycles. The molecule has 0 bridgehead atoms. The van der Waals surface area contributed by atoms with Crippen LogP contribution in [0.3, 0.4) is 0 Å². The minimum atomic E-state index is -1.41. The molecule has 1 aromatic carbocycles. The maximum Gasteiger partial charge on any atom is 0.310 e. The highest BCUT2D eigenvalue weighted by Crippen LogP contribution is 2.39. The number of aryl methyl sites for hydroxylation is 1. The van der Waals surface area contributed by atoms with E-state index in [0.29, 0.717) is 0 Å². The largest absolute Gasteiger partial charge is 0.462 e. The fourth-order valence-electron chi connectivity index (χ4n) is 2.46. The second-order valence-electron chi connectivity index (χ2n) is 5.84. The van der Waals surface area contributed by atoms with Gasteiger partial charge in [0.05, 0.1) is 13.6 Å². The third-order valence-corrected chi connectivity index (χ3v) is 5.86. The maximum atomic E-state index is 11.5. The van der Waals surface area contributed by atoms with Crippen molar-refractivity contribution in [1.82, 2.24) is 0 Å². The van der Waals surface area contributed by atoms with Crippen molar-refractivity contribution in [2.75, 3.05) is 0 Å². The lowest BCUT2D eigenvalue weighted by Gasteiger charge is -2.42. The van der Waals surface area contributed by atoms with Crippen molar-refractivity contribution in [3.8, 4) is 0 Å². The fourth-order valence-corrected chi connectivity index (χ4v) is 4.59. The van der Waals surface area contributed by atoms with Crippen molar-refractivity contribution in [3.63, 3.8) is 0 Å². The van der Waals surface area contributed by atoms with Gasteiger partial charge in [0.2, 0.25) is 0 Å². The Kier molecular flexibility index (Phi) is 3.38. The van der Waals surface area contributed by atoms with Crippen LogP contribution in [-0.2, 0) is 16.0 Å². The Bertz CT molecular complexity index is 394. The van der Waals surface area contributed by atoms with Crippen molar-refractivity contribution in [2.45, 2.75) is 44.1 Å². The number of hydrogen-bond acceptors (Lipinski definition) is 2. The molecule has 17 heavy (non-hydrogen) atoms. The highest BCUT2D eigenvalue weighted by Gasteiger charge is 2.49. The molecule has 0 saturated carbocycles. The summed E-state index contributed by atoms with van der Waals surface area (Å²) in [5.74, 6) is 0.0298. The number of rotatable bonds is 4. The minimum Gasteiger partial charge on any atom is -0.462 e. The molecular weight excluding hydrogens is 228 g/mol. The Hall–Kier alpha value is -1.09. The standard InChI is InChI=1S/C14H20O2Si/c1-17(2,3)13-12(16-14(13)15)10-9-11-7-5-4-6-8-11/h4-8,12-13H,9-10H2,1-3H3/t12-,13?/m1/s1. The summed E-state index contributed by atoms with van der Waals surface area (Å²) in [5, 5.41) is 0. The van der Waals surface area contributed by atoms with Crippen LogP contribution in [0, 0.1) is 0 Å². The first-order valence-electron chi connectivity index (χ1n) is 6.23. The second kappa shape index (κ2) is 4.65. The summed E-state index contributed by atoms with van der Waals surface area (Å²) in [6.07, 6.45) is 2.12. The van der Waals surface area contributed by atoms with Gasteiger partial charge < -0.3 is 4.74 Å². The molecule has 2 nitrogen and oxygen atoms in total. The first kappa shape index (κ1) is 12.4. The molecule has 1 aliphatic heterocycles. The van der Waals surface area contributed by atoms with E-state index in [4.69, 9.17) is 4.74 Å². The van der Waals surface area contributed by atoms with Crippen LogP contribution < -0.4 is 0 Å². The van der Waals surface area contributed by atoms with Gasteiger partial charge in [0, 0.05) is 0 Å². The zero-order valence-electron chi connectivity index (χ0n) is 10.8. The zero-order valence-corrected chi connectivity index (χ0v) is 11.8. The molecule has 2 rings (SSSR count). The van der Waals surface area contributed by atoms with Gasteiger partial charge in [-0.3, -0.25) is 4.79 Å². The van der Waals surface area contributed by atoms with Crippen LogP contribution in [0.1, 0.15) is 12.0 Å². The number of carbonyl (C=O) groups is 1. The van der Waals surface area contributed by atoms with Gasteiger partial charge in [-0.25, -0.2) is 0 Å². The second-order valence-corrected chi connectivity index (χ2v) is 11.2. The topological polar surface area (TPSA) is 26.3 Å². The predicted molar refractivity (Wildman–Crippen MR) is 71.7 cm³/mol. The Labute approximate surface area is 104 Å². The molecule has 1 fully saturated rings. The van der Waals surface area contributed by atoms with Gasteiger partial charge in [-0.15, -0.1) is 0 Å². The quantitative estimate of drug-likeness (QED) is 0.604. The highest BCUT2D eigenvalue weighted by molar-refractivity contribution is 6.81. The molecule has 1 aliphatic rings. The van der Waals surface area contributed by atoms with E-state index in [2.05, 4.69) is 43.9 Å². The molecule has 0 spiro atoms. The van der Waals surface area contributed by atoms with Crippen LogP contribution in [-0.4, -0.2) is 20.1 Å². The van der Waals surface area contributed by atoms with Crippen molar-refractivity contribution >= 4 is 14.0 Å². The Balaban J connectivity index is 1.91. The summed E-state index contributed by atoms with van der Waals surface area (Å²) in [7, 11) is -1.41. The summed E-state index contributed by atoms with van der Waals surface area (Å²) in [5.41, 5.74) is 1.52. The van der Waals surface area contributed by atoms with Crippen LogP contribution in [0.25, 0.3) is 0 Å². The summed E-state index contributed by atoms with van der Waals surface area (Å²) in [4.78, 5) is 11.5. The maximum absolute atomic E-state index is 11.5. The van der Waals surface area contributed by atoms with Gasteiger partial charge in [-0.05, 0) is 18.4 Å². The third-order valence-electron chi connectivity index (χ3n) is 3.39. The van der Waals surface area contributed by atoms with E-state index in [-0.39, 0.29) is 17.6 Å². The van der Waals surface area contributed by atoms with E-state index >= 15 is 0 Å². The Morgan fingerprint density at radius 1 is 1.18 bits per heavy atom. The SMILES string of the molecule is C[Si](C)(C)C1C(=O)O[C@@H]1CCc1ccccc1. The third kappa shape index (κ3) is 2.78. The summed E-state index contributed by atoms with van der Waals surface area (Å²) < 4.78 is 5.30.